The Morgan fingerprint density at radius 3 is 2.47 bits per heavy atom. The average Bonchev–Trinajstić information content (AvgIpc) is 2.84. The number of esters is 1. The lowest BCUT2D eigenvalue weighted by atomic mass is 9.90. The van der Waals surface area contributed by atoms with Gasteiger partial charge in [0.1, 0.15) is 5.75 Å². The van der Waals surface area contributed by atoms with E-state index in [0.29, 0.717) is 5.75 Å². The molecule has 34 heavy (non-hydrogen) atoms. The van der Waals surface area contributed by atoms with Crippen LogP contribution >= 0.6 is 0 Å². The molecular formula is C28H29N3O3. The zero-order valence-electron chi connectivity index (χ0n) is 19.3. The molecule has 6 nitrogen and oxygen atoms in total. The van der Waals surface area contributed by atoms with E-state index in [4.69, 9.17) is 4.74 Å². The standard InChI is InChI=1S/C28H29N3O3/c1-20(32)34-24-11-7-8-21(18-24)19-30-16-14-23(15-17-30)31-27(22-9-3-2-4-10-22)25-12-5-6-13-26(25)29-28(31)33/h2-13,18,23,27H,14-17,19H2,1H3,(H,29,33). The molecule has 3 aromatic carbocycles. The normalized spacial score (nSPS) is 18.8. The van der Waals surface area contributed by atoms with Crippen LogP contribution in [-0.4, -0.2) is 40.9 Å². The predicted octanol–water partition coefficient (Wildman–Crippen LogP) is 5.21. The third-order valence-corrected chi connectivity index (χ3v) is 6.64. The minimum absolute atomic E-state index is 0.0277. The first-order valence-electron chi connectivity index (χ1n) is 11.8. The van der Waals surface area contributed by atoms with Crippen molar-refractivity contribution < 1.29 is 14.3 Å². The van der Waals surface area contributed by atoms with E-state index in [2.05, 4.69) is 39.4 Å². The summed E-state index contributed by atoms with van der Waals surface area (Å²) >= 11 is 0. The second-order valence-corrected chi connectivity index (χ2v) is 8.99. The van der Waals surface area contributed by atoms with Gasteiger partial charge in [0.25, 0.3) is 0 Å². The number of likely N-dealkylation sites (tertiary alicyclic amines) is 1. The number of hydrogen-bond acceptors (Lipinski definition) is 4. The summed E-state index contributed by atoms with van der Waals surface area (Å²) in [7, 11) is 0. The first kappa shape index (κ1) is 22.2. The summed E-state index contributed by atoms with van der Waals surface area (Å²) in [6.07, 6.45) is 1.81. The largest absolute Gasteiger partial charge is 0.427 e. The number of amides is 2. The maximum absolute atomic E-state index is 13.3. The lowest BCUT2D eigenvalue weighted by Gasteiger charge is -2.45. The zero-order valence-corrected chi connectivity index (χ0v) is 19.3. The second-order valence-electron chi connectivity index (χ2n) is 8.99. The van der Waals surface area contributed by atoms with Gasteiger partial charge in [0.15, 0.2) is 0 Å². The number of carbonyl (C=O) groups excluding carboxylic acids is 2. The van der Waals surface area contributed by atoms with Gasteiger partial charge >= 0.3 is 12.0 Å². The number of urea groups is 1. The van der Waals surface area contributed by atoms with E-state index >= 15 is 0 Å². The Kier molecular flexibility index (Phi) is 6.32. The Hall–Kier alpha value is -3.64. The average molecular weight is 456 g/mol. The van der Waals surface area contributed by atoms with Crippen LogP contribution in [0.2, 0.25) is 0 Å². The summed E-state index contributed by atoms with van der Waals surface area (Å²) in [5.41, 5.74) is 4.28. The molecule has 2 aliphatic heterocycles. The first-order valence-corrected chi connectivity index (χ1v) is 11.8. The van der Waals surface area contributed by atoms with Crippen LogP contribution in [-0.2, 0) is 11.3 Å². The van der Waals surface area contributed by atoms with Crippen LogP contribution in [0.15, 0.2) is 78.9 Å². The van der Waals surface area contributed by atoms with Crippen LogP contribution in [0.1, 0.15) is 42.5 Å². The SMILES string of the molecule is CC(=O)Oc1cccc(CN2CCC(N3C(=O)Nc4ccccc4C3c3ccccc3)CC2)c1. The second kappa shape index (κ2) is 9.69. The monoisotopic (exact) mass is 455 g/mol. The number of fused-ring (bicyclic) bond motifs is 1. The maximum atomic E-state index is 13.3. The molecule has 0 aromatic heterocycles. The number of nitrogens with zero attached hydrogens (tertiary/aromatic N) is 2. The molecule has 1 saturated heterocycles. The molecule has 0 saturated carbocycles. The minimum Gasteiger partial charge on any atom is -0.427 e. The number of rotatable bonds is 5. The molecule has 3 aromatic rings. The fraction of sp³-hybridized carbons (Fsp3) is 0.286. The van der Waals surface area contributed by atoms with E-state index in [1.807, 2.05) is 48.5 Å². The fourth-order valence-corrected chi connectivity index (χ4v) is 5.14. The van der Waals surface area contributed by atoms with Gasteiger partial charge in [-0.25, -0.2) is 4.79 Å². The number of carbonyl (C=O) groups is 2. The van der Waals surface area contributed by atoms with Crippen molar-refractivity contribution in [2.24, 2.45) is 0 Å². The number of nitrogens with one attached hydrogen (secondary N) is 1. The van der Waals surface area contributed by atoms with Gasteiger partial charge < -0.3 is 15.0 Å². The molecule has 174 valence electrons. The van der Waals surface area contributed by atoms with Crippen LogP contribution in [0.3, 0.4) is 0 Å². The highest BCUT2D eigenvalue weighted by Crippen LogP contribution is 2.40. The van der Waals surface area contributed by atoms with Crippen molar-refractivity contribution in [2.75, 3.05) is 18.4 Å². The Balaban J connectivity index is 1.32. The van der Waals surface area contributed by atoms with E-state index in [1.165, 1.54) is 6.92 Å². The fourth-order valence-electron chi connectivity index (χ4n) is 5.14. The molecular weight excluding hydrogens is 426 g/mol. The van der Waals surface area contributed by atoms with Gasteiger partial charge in [-0.3, -0.25) is 9.69 Å². The lowest BCUT2D eigenvalue weighted by Crippen LogP contribution is -2.52. The summed E-state index contributed by atoms with van der Waals surface area (Å²) in [5.74, 6) is 0.265. The van der Waals surface area contributed by atoms with Crippen LogP contribution in [0.4, 0.5) is 10.5 Å². The molecule has 0 spiro atoms. The highest BCUT2D eigenvalue weighted by atomic mass is 16.5. The van der Waals surface area contributed by atoms with Crippen molar-refractivity contribution in [3.8, 4) is 5.75 Å². The molecule has 6 heteroatoms. The molecule has 1 unspecified atom stereocenters. The third-order valence-electron chi connectivity index (χ3n) is 6.64. The molecule has 0 bridgehead atoms. The summed E-state index contributed by atoms with van der Waals surface area (Å²) in [4.78, 5) is 29.0. The maximum Gasteiger partial charge on any atom is 0.322 e. The van der Waals surface area contributed by atoms with E-state index in [-0.39, 0.29) is 24.1 Å². The van der Waals surface area contributed by atoms with Gasteiger partial charge in [0.05, 0.1) is 6.04 Å². The lowest BCUT2D eigenvalue weighted by molar-refractivity contribution is -0.131. The molecule has 1 atom stereocenters. The van der Waals surface area contributed by atoms with Crippen molar-refractivity contribution in [1.82, 2.24) is 9.80 Å². The Labute approximate surface area is 200 Å². The number of anilines is 1. The summed E-state index contributed by atoms with van der Waals surface area (Å²) in [6.45, 7) is 4.00. The zero-order chi connectivity index (χ0) is 23.5. The molecule has 0 aliphatic carbocycles. The van der Waals surface area contributed by atoms with Crippen LogP contribution < -0.4 is 10.1 Å². The Morgan fingerprint density at radius 2 is 1.71 bits per heavy atom. The van der Waals surface area contributed by atoms with E-state index in [0.717, 1.165) is 54.9 Å². The van der Waals surface area contributed by atoms with Crippen molar-refractivity contribution in [1.29, 1.82) is 0 Å². The summed E-state index contributed by atoms with van der Waals surface area (Å²) < 4.78 is 5.23. The summed E-state index contributed by atoms with van der Waals surface area (Å²) in [5, 5.41) is 3.11. The van der Waals surface area contributed by atoms with Gasteiger partial charge in [-0.15, -0.1) is 0 Å². The van der Waals surface area contributed by atoms with Crippen molar-refractivity contribution in [3.05, 3.63) is 95.6 Å². The molecule has 1 N–H and O–H groups in total. The number of ether oxygens (including phenoxy) is 1. The van der Waals surface area contributed by atoms with Gasteiger partial charge in [0, 0.05) is 43.9 Å². The molecule has 2 amide bonds. The molecule has 5 rings (SSSR count). The van der Waals surface area contributed by atoms with E-state index in [9.17, 15) is 9.59 Å². The smallest absolute Gasteiger partial charge is 0.322 e. The van der Waals surface area contributed by atoms with Crippen molar-refractivity contribution in [2.45, 2.75) is 38.4 Å². The first-order chi connectivity index (χ1) is 16.6. The Bertz CT molecular complexity index is 1170. The van der Waals surface area contributed by atoms with Gasteiger partial charge in [-0.1, -0.05) is 60.7 Å². The molecule has 2 aliphatic rings. The molecule has 2 heterocycles. The van der Waals surface area contributed by atoms with Crippen LogP contribution in [0.5, 0.6) is 5.75 Å². The molecule has 0 radical (unpaired) electrons. The highest BCUT2D eigenvalue weighted by Gasteiger charge is 2.39. The van der Waals surface area contributed by atoms with Crippen molar-refractivity contribution >= 4 is 17.7 Å². The van der Waals surface area contributed by atoms with Crippen LogP contribution in [0, 0.1) is 0 Å². The number of hydrogen-bond donors (Lipinski definition) is 1. The van der Waals surface area contributed by atoms with E-state index in [1.54, 1.807) is 6.07 Å². The van der Waals surface area contributed by atoms with E-state index < -0.39 is 0 Å². The highest BCUT2D eigenvalue weighted by molar-refractivity contribution is 5.93. The number of para-hydroxylation sites is 1. The Morgan fingerprint density at radius 1 is 0.971 bits per heavy atom. The van der Waals surface area contributed by atoms with Gasteiger partial charge in [-0.05, 0) is 42.2 Å². The number of benzene rings is 3. The third kappa shape index (κ3) is 4.68. The quantitative estimate of drug-likeness (QED) is 0.424. The van der Waals surface area contributed by atoms with Gasteiger partial charge in [-0.2, -0.15) is 0 Å². The van der Waals surface area contributed by atoms with Crippen LogP contribution in [0.25, 0.3) is 0 Å². The predicted molar refractivity (Wildman–Crippen MR) is 132 cm³/mol. The number of piperidine rings is 1. The summed E-state index contributed by atoms with van der Waals surface area (Å²) in [6, 6.07) is 26.1. The van der Waals surface area contributed by atoms with Crippen molar-refractivity contribution in [3.63, 3.8) is 0 Å². The van der Waals surface area contributed by atoms with Gasteiger partial charge in [0.2, 0.25) is 0 Å². The minimum atomic E-state index is -0.313. The topological polar surface area (TPSA) is 61.9 Å². The molecule has 1 fully saturated rings.